The molecule has 1 fully saturated rings. The molecule has 1 aliphatic carbocycles. The Kier molecular flexibility index (Phi) is 4.96. The van der Waals surface area contributed by atoms with Gasteiger partial charge in [0.15, 0.2) is 0 Å². The molecule has 0 aromatic heterocycles. The number of carbonyl (C=O) groups excluding carboxylic acids is 1. The van der Waals surface area contributed by atoms with Gasteiger partial charge in [0.05, 0.1) is 30.5 Å². The zero-order valence-corrected chi connectivity index (χ0v) is 13.1. The third-order valence-electron chi connectivity index (χ3n) is 3.92. The Hall–Kier alpha value is -1.46. The fourth-order valence-corrected chi connectivity index (χ4v) is 2.86. The fourth-order valence-electron chi connectivity index (χ4n) is 2.61. The van der Waals surface area contributed by atoms with Crippen LogP contribution in [-0.2, 0) is 4.79 Å². The van der Waals surface area contributed by atoms with Gasteiger partial charge in [-0.3, -0.25) is 4.79 Å². The molecule has 3 N–H and O–H groups in total. The van der Waals surface area contributed by atoms with E-state index < -0.39 is 5.54 Å². The first-order chi connectivity index (χ1) is 10.00. The molecular formula is C15H21ClN2O3. The number of nitrogens with one attached hydrogen (secondary N) is 1. The first kappa shape index (κ1) is 15.9. The maximum atomic E-state index is 12.5. The van der Waals surface area contributed by atoms with E-state index in [-0.39, 0.29) is 5.91 Å². The zero-order chi connectivity index (χ0) is 15.5. The number of anilines is 1. The Bertz CT molecular complexity index is 528. The summed E-state index contributed by atoms with van der Waals surface area (Å²) >= 11 is 6.10. The van der Waals surface area contributed by atoms with Crippen molar-refractivity contribution in [3.63, 3.8) is 0 Å². The van der Waals surface area contributed by atoms with Crippen LogP contribution in [0.1, 0.15) is 32.1 Å². The predicted molar refractivity (Wildman–Crippen MR) is 83.2 cm³/mol. The van der Waals surface area contributed by atoms with Crippen molar-refractivity contribution in [1.29, 1.82) is 0 Å². The van der Waals surface area contributed by atoms with Gasteiger partial charge in [-0.2, -0.15) is 0 Å². The Balaban J connectivity index is 2.22. The summed E-state index contributed by atoms with van der Waals surface area (Å²) in [5.41, 5.74) is 5.92. The molecule has 0 saturated heterocycles. The lowest BCUT2D eigenvalue weighted by Crippen LogP contribution is -2.52. The molecule has 1 saturated carbocycles. The largest absolute Gasteiger partial charge is 0.495 e. The van der Waals surface area contributed by atoms with E-state index in [4.69, 9.17) is 26.8 Å². The quantitative estimate of drug-likeness (QED) is 0.896. The van der Waals surface area contributed by atoms with E-state index in [2.05, 4.69) is 5.32 Å². The van der Waals surface area contributed by atoms with Crippen molar-refractivity contribution in [2.45, 2.75) is 37.6 Å². The summed E-state index contributed by atoms with van der Waals surface area (Å²) < 4.78 is 10.4. The molecule has 6 heteroatoms. The van der Waals surface area contributed by atoms with Gasteiger partial charge in [0, 0.05) is 6.07 Å². The van der Waals surface area contributed by atoms with Crippen LogP contribution >= 0.6 is 11.6 Å². The van der Waals surface area contributed by atoms with Gasteiger partial charge in [-0.15, -0.1) is 0 Å². The molecule has 1 amide bonds. The minimum absolute atomic E-state index is 0.193. The van der Waals surface area contributed by atoms with Gasteiger partial charge in [-0.25, -0.2) is 0 Å². The van der Waals surface area contributed by atoms with Crippen molar-refractivity contribution in [2.75, 3.05) is 19.5 Å². The van der Waals surface area contributed by atoms with Gasteiger partial charge >= 0.3 is 0 Å². The highest BCUT2D eigenvalue weighted by atomic mass is 35.5. The molecule has 2 rings (SSSR count). The maximum Gasteiger partial charge on any atom is 0.244 e. The summed E-state index contributed by atoms with van der Waals surface area (Å²) in [6.07, 6.45) is 4.48. The minimum atomic E-state index is -0.810. The Morgan fingerprint density at radius 3 is 2.38 bits per heavy atom. The first-order valence-electron chi connectivity index (χ1n) is 7.02. The molecule has 5 nitrogen and oxygen atoms in total. The smallest absolute Gasteiger partial charge is 0.244 e. The lowest BCUT2D eigenvalue weighted by atomic mass is 9.82. The van der Waals surface area contributed by atoms with E-state index in [0.29, 0.717) is 35.1 Å². The number of hydrogen-bond acceptors (Lipinski definition) is 4. The third-order valence-corrected chi connectivity index (χ3v) is 4.22. The standard InChI is InChI=1S/C15H21ClN2O3/c1-20-12-9-13(21-2)11(8-10(12)16)18-14(19)15(17)6-4-3-5-7-15/h8-9H,3-7,17H2,1-2H3,(H,18,19). The molecule has 0 unspecified atom stereocenters. The fraction of sp³-hybridized carbons (Fsp3) is 0.533. The van der Waals surface area contributed by atoms with Crippen LogP contribution in [0.3, 0.4) is 0 Å². The van der Waals surface area contributed by atoms with Crippen LogP contribution in [0.4, 0.5) is 5.69 Å². The van der Waals surface area contributed by atoms with Crippen LogP contribution in [0.15, 0.2) is 12.1 Å². The van der Waals surface area contributed by atoms with Crippen molar-refractivity contribution < 1.29 is 14.3 Å². The monoisotopic (exact) mass is 312 g/mol. The molecular weight excluding hydrogens is 292 g/mol. The normalized spacial score (nSPS) is 17.1. The number of carbonyl (C=O) groups is 1. The second-order valence-electron chi connectivity index (χ2n) is 5.36. The summed E-state index contributed by atoms with van der Waals surface area (Å²) in [4.78, 5) is 12.5. The Morgan fingerprint density at radius 2 is 1.81 bits per heavy atom. The number of halogens is 1. The second kappa shape index (κ2) is 6.54. The Morgan fingerprint density at radius 1 is 1.19 bits per heavy atom. The topological polar surface area (TPSA) is 73.6 Å². The third kappa shape index (κ3) is 3.41. The predicted octanol–water partition coefficient (Wildman–Crippen LogP) is 2.96. The van der Waals surface area contributed by atoms with Crippen LogP contribution in [0, 0.1) is 0 Å². The molecule has 1 aliphatic rings. The summed E-state index contributed by atoms with van der Waals surface area (Å²) in [7, 11) is 3.05. The molecule has 0 radical (unpaired) electrons. The van der Waals surface area contributed by atoms with Gasteiger partial charge in [0.1, 0.15) is 11.5 Å². The van der Waals surface area contributed by atoms with E-state index in [1.54, 1.807) is 12.1 Å². The number of rotatable bonds is 4. The van der Waals surface area contributed by atoms with Crippen LogP contribution < -0.4 is 20.5 Å². The SMILES string of the molecule is COc1cc(OC)c(NC(=O)C2(N)CCCCC2)cc1Cl. The molecule has 0 bridgehead atoms. The summed E-state index contributed by atoms with van der Waals surface area (Å²) in [5.74, 6) is 0.789. The molecule has 0 heterocycles. The molecule has 0 spiro atoms. The average molecular weight is 313 g/mol. The van der Waals surface area contributed by atoms with Crippen LogP contribution in [0.5, 0.6) is 11.5 Å². The van der Waals surface area contributed by atoms with Crippen molar-refractivity contribution >= 4 is 23.2 Å². The Labute approximate surface area is 129 Å². The molecule has 0 atom stereocenters. The average Bonchev–Trinajstić information content (AvgIpc) is 2.48. The molecule has 1 aromatic carbocycles. The summed E-state index contributed by atoms with van der Waals surface area (Å²) in [6, 6.07) is 3.26. The lowest BCUT2D eigenvalue weighted by Gasteiger charge is -2.32. The number of amides is 1. The molecule has 0 aliphatic heterocycles. The van der Waals surface area contributed by atoms with Gasteiger partial charge < -0.3 is 20.5 Å². The number of ether oxygens (including phenoxy) is 2. The van der Waals surface area contributed by atoms with Gasteiger partial charge in [-0.1, -0.05) is 30.9 Å². The van der Waals surface area contributed by atoms with E-state index in [0.717, 1.165) is 19.3 Å². The van der Waals surface area contributed by atoms with Gasteiger partial charge in [0.25, 0.3) is 0 Å². The van der Waals surface area contributed by atoms with Gasteiger partial charge in [0.2, 0.25) is 5.91 Å². The highest BCUT2D eigenvalue weighted by Crippen LogP contribution is 2.37. The number of benzene rings is 1. The van der Waals surface area contributed by atoms with E-state index >= 15 is 0 Å². The number of hydrogen-bond donors (Lipinski definition) is 2. The molecule has 116 valence electrons. The zero-order valence-electron chi connectivity index (χ0n) is 12.4. The highest BCUT2D eigenvalue weighted by molar-refractivity contribution is 6.32. The number of methoxy groups -OCH3 is 2. The summed E-state index contributed by atoms with van der Waals surface area (Å²) in [6.45, 7) is 0. The maximum absolute atomic E-state index is 12.5. The van der Waals surface area contributed by atoms with Crippen molar-refractivity contribution in [3.05, 3.63) is 17.2 Å². The van der Waals surface area contributed by atoms with Crippen LogP contribution in [-0.4, -0.2) is 25.7 Å². The van der Waals surface area contributed by atoms with Crippen LogP contribution in [0.2, 0.25) is 5.02 Å². The van der Waals surface area contributed by atoms with E-state index in [1.165, 1.54) is 14.2 Å². The van der Waals surface area contributed by atoms with Crippen molar-refractivity contribution in [2.24, 2.45) is 5.73 Å². The van der Waals surface area contributed by atoms with Crippen molar-refractivity contribution in [1.82, 2.24) is 0 Å². The van der Waals surface area contributed by atoms with Crippen LogP contribution in [0.25, 0.3) is 0 Å². The lowest BCUT2D eigenvalue weighted by molar-refractivity contribution is -0.122. The molecule has 21 heavy (non-hydrogen) atoms. The summed E-state index contributed by atoms with van der Waals surface area (Å²) in [5, 5.41) is 3.24. The van der Waals surface area contributed by atoms with Crippen molar-refractivity contribution in [3.8, 4) is 11.5 Å². The number of nitrogens with two attached hydrogens (primary N) is 1. The first-order valence-corrected chi connectivity index (χ1v) is 7.40. The minimum Gasteiger partial charge on any atom is -0.495 e. The van der Waals surface area contributed by atoms with E-state index in [1.807, 2.05) is 0 Å². The highest BCUT2D eigenvalue weighted by Gasteiger charge is 2.35. The second-order valence-corrected chi connectivity index (χ2v) is 5.77. The molecule has 1 aromatic rings. The van der Waals surface area contributed by atoms with Gasteiger partial charge in [-0.05, 0) is 18.9 Å². The van der Waals surface area contributed by atoms with E-state index in [9.17, 15) is 4.79 Å².